The summed E-state index contributed by atoms with van der Waals surface area (Å²) >= 11 is 1.53. The number of carbonyl (C=O) groups is 2. The Morgan fingerprint density at radius 1 is 1.04 bits per heavy atom. The van der Waals surface area contributed by atoms with Gasteiger partial charge in [0.2, 0.25) is 5.91 Å². The number of carbonyl (C=O) groups excluding carboxylic acids is 2. The molecule has 1 aliphatic rings. The average molecular weight is 363 g/mol. The van der Waals surface area contributed by atoms with Gasteiger partial charge in [-0.25, -0.2) is 4.79 Å². The molecular weight excluding hydrogens is 332 g/mol. The predicted molar refractivity (Wildman–Crippen MR) is 104 cm³/mol. The SMILES string of the molecule is Cc1cc(C)c(C)c(S[C@H](C)C(=O)NC(=O)NC2CCCCC2)c1C. The van der Waals surface area contributed by atoms with Crippen LogP contribution in [-0.2, 0) is 4.79 Å². The van der Waals surface area contributed by atoms with E-state index in [4.69, 9.17) is 0 Å². The van der Waals surface area contributed by atoms with Gasteiger partial charge in [-0.2, -0.15) is 0 Å². The van der Waals surface area contributed by atoms with Crippen molar-refractivity contribution < 1.29 is 9.59 Å². The van der Waals surface area contributed by atoms with Gasteiger partial charge in [0.05, 0.1) is 5.25 Å². The molecule has 0 aromatic heterocycles. The maximum atomic E-state index is 12.4. The van der Waals surface area contributed by atoms with Crippen LogP contribution in [0.4, 0.5) is 4.79 Å². The molecule has 0 heterocycles. The van der Waals surface area contributed by atoms with Crippen LogP contribution < -0.4 is 10.6 Å². The summed E-state index contributed by atoms with van der Waals surface area (Å²) in [4.78, 5) is 25.6. The van der Waals surface area contributed by atoms with Crippen LogP contribution >= 0.6 is 11.8 Å². The summed E-state index contributed by atoms with van der Waals surface area (Å²) in [5.74, 6) is -0.240. The van der Waals surface area contributed by atoms with E-state index in [2.05, 4.69) is 44.4 Å². The zero-order chi connectivity index (χ0) is 18.6. The number of amides is 3. The third-order valence-corrected chi connectivity index (χ3v) is 6.55. The smallest absolute Gasteiger partial charge is 0.321 e. The molecule has 25 heavy (non-hydrogen) atoms. The van der Waals surface area contributed by atoms with Crippen molar-refractivity contribution >= 4 is 23.7 Å². The Kier molecular flexibility index (Phi) is 6.94. The predicted octanol–water partition coefficient (Wildman–Crippen LogP) is 4.56. The molecule has 2 rings (SSSR count). The minimum absolute atomic E-state index is 0.202. The van der Waals surface area contributed by atoms with E-state index in [-0.39, 0.29) is 23.2 Å². The van der Waals surface area contributed by atoms with Crippen LogP contribution in [0.3, 0.4) is 0 Å². The Bertz CT molecular complexity index is 625. The first-order valence-corrected chi connectivity index (χ1v) is 10.0. The van der Waals surface area contributed by atoms with Crippen LogP contribution in [0.15, 0.2) is 11.0 Å². The Labute approximate surface area is 155 Å². The fraction of sp³-hybridized carbons (Fsp3) is 0.600. The molecule has 3 amide bonds. The molecule has 0 aliphatic heterocycles. The summed E-state index contributed by atoms with van der Waals surface area (Å²) < 4.78 is 0. The van der Waals surface area contributed by atoms with Gasteiger partial charge in [0.1, 0.15) is 0 Å². The van der Waals surface area contributed by atoms with Crippen molar-refractivity contribution in [2.24, 2.45) is 0 Å². The molecule has 1 aromatic rings. The molecule has 1 atom stereocenters. The second kappa shape index (κ2) is 8.75. The van der Waals surface area contributed by atoms with E-state index in [1.54, 1.807) is 0 Å². The number of thioether (sulfide) groups is 1. The van der Waals surface area contributed by atoms with E-state index in [0.717, 1.165) is 30.6 Å². The van der Waals surface area contributed by atoms with Gasteiger partial charge >= 0.3 is 6.03 Å². The zero-order valence-electron chi connectivity index (χ0n) is 16.0. The zero-order valence-corrected chi connectivity index (χ0v) is 16.8. The Morgan fingerprint density at radius 3 is 2.16 bits per heavy atom. The molecule has 0 radical (unpaired) electrons. The minimum atomic E-state index is -0.363. The summed E-state index contributed by atoms with van der Waals surface area (Å²) in [6.45, 7) is 10.2. The van der Waals surface area contributed by atoms with Crippen LogP contribution in [0.2, 0.25) is 0 Å². The summed E-state index contributed by atoms with van der Waals surface area (Å²) in [6.07, 6.45) is 5.55. The van der Waals surface area contributed by atoms with Gasteiger partial charge in [-0.15, -0.1) is 11.8 Å². The lowest BCUT2D eigenvalue weighted by Gasteiger charge is -2.23. The van der Waals surface area contributed by atoms with Crippen molar-refractivity contribution in [1.29, 1.82) is 0 Å². The standard InChI is InChI=1S/C20H30N2O2S/c1-12-11-13(2)15(4)18(14(12)3)25-16(5)19(23)22-20(24)21-17-9-7-6-8-10-17/h11,16-17H,6-10H2,1-5H3,(H2,21,22,23,24)/t16-/m1/s1. The van der Waals surface area contributed by atoms with Gasteiger partial charge < -0.3 is 5.32 Å². The van der Waals surface area contributed by atoms with E-state index in [9.17, 15) is 9.59 Å². The molecule has 138 valence electrons. The molecule has 1 aromatic carbocycles. The van der Waals surface area contributed by atoms with Gasteiger partial charge in [-0.1, -0.05) is 25.3 Å². The Balaban J connectivity index is 1.95. The average Bonchev–Trinajstić information content (AvgIpc) is 2.57. The number of hydrogen-bond donors (Lipinski definition) is 2. The highest BCUT2D eigenvalue weighted by molar-refractivity contribution is 8.00. The molecule has 1 saturated carbocycles. The quantitative estimate of drug-likeness (QED) is 0.772. The molecule has 0 unspecified atom stereocenters. The molecule has 0 spiro atoms. The molecule has 0 bridgehead atoms. The third kappa shape index (κ3) is 5.24. The van der Waals surface area contributed by atoms with Crippen molar-refractivity contribution in [3.63, 3.8) is 0 Å². The Morgan fingerprint density at radius 2 is 1.60 bits per heavy atom. The molecule has 5 heteroatoms. The van der Waals surface area contributed by atoms with E-state index >= 15 is 0 Å². The fourth-order valence-corrected chi connectivity index (χ4v) is 4.46. The molecule has 1 fully saturated rings. The minimum Gasteiger partial charge on any atom is -0.335 e. The number of urea groups is 1. The second-order valence-electron chi connectivity index (χ2n) is 7.15. The van der Waals surface area contributed by atoms with Gasteiger partial charge in [0.15, 0.2) is 0 Å². The molecule has 0 saturated heterocycles. The van der Waals surface area contributed by atoms with Gasteiger partial charge in [-0.05, 0) is 69.7 Å². The van der Waals surface area contributed by atoms with Crippen molar-refractivity contribution in [3.8, 4) is 0 Å². The Hall–Kier alpha value is -1.49. The van der Waals surface area contributed by atoms with Crippen molar-refractivity contribution in [2.45, 2.75) is 82.9 Å². The van der Waals surface area contributed by atoms with E-state index in [1.807, 2.05) is 6.92 Å². The van der Waals surface area contributed by atoms with E-state index < -0.39 is 0 Å². The van der Waals surface area contributed by atoms with E-state index in [1.165, 1.54) is 40.4 Å². The van der Waals surface area contributed by atoms with Crippen molar-refractivity contribution in [1.82, 2.24) is 10.6 Å². The van der Waals surface area contributed by atoms with Crippen LogP contribution in [0.1, 0.15) is 61.3 Å². The number of imide groups is 1. The van der Waals surface area contributed by atoms with Gasteiger partial charge in [0, 0.05) is 10.9 Å². The number of aryl methyl sites for hydroxylation is 2. The van der Waals surface area contributed by atoms with Crippen molar-refractivity contribution in [2.75, 3.05) is 0 Å². The number of nitrogens with one attached hydrogen (secondary N) is 2. The lowest BCUT2D eigenvalue weighted by Crippen LogP contribution is -2.47. The third-order valence-electron chi connectivity index (χ3n) is 5.14. The molecular formula is C20H30N2O2S. The monoisotopic (exact) mass is 362 g/mol. The summed E-state index contributed by atoms with van der Waals surface area (Å²) in [5, 5.41) is 5.11. The summed E-state index contributed by atoms with van der Waals surface area (Å²) in [6, 6.07) is 2.02. The lowest BCUT2D eigenvalue weighted by molar-refractivity contribution is -0.119. The maximum Gasteiger partial charge on any atom is 0.321 e. The molecule has 4 nitrogen and oxygen atoms in total. The maximum absolute atomic E-state index is 12.4. The van der Waals surface area contributed by atoms with Gasteiger partial charge in [-0.3, -0.25) is 10.1 Å². The first kappa shape index (κ1) is 19.8. The van der Waals surface area contributed by atoms with Gasteiger partial charge in [0.25, 0.3) is 0 Å². The fourth-order valence-electron chi connectivity index (χ4n) is 3.27. The summed E-state index contributed by atoms with van der Waals surface area (Å²) in [7, 11) is 0. The normalized spacial score (nSPS) is 16.4. The topological polar surface area (TPSA) is 58.2 Å². The largest absolute Gasteiger partial charge is 0.335 e. The number of hydrogen-bond acceptors (Lipinski definition) is 3. The molecule has 2 N–H and O–H groups in total. The van der Waals surface area contributed by atoms with E-state index in [0.29, 0.717) is 0 Å². The highest BCUT2D eigenvalue weighted by Crippen LogP contribution is 2.33. The number of benzene rings is 1. The van der Waals surface area contributed by atoms with Crippen LogP contribution in [-0.4, -0.2) is 23.2 Å². The van der Waals surface area contributed by atoms with Crippen LogP contribution in [0, 0.1) is 27.7 Å². The second-order valence-corrected chi connectivity index (χ2v) is 8.50. The highest BCUT2D eigenvalue weighted by Gasteiger charge is 2.22. The van der Waals surface area contributed by atoms with Crippen LogP contribution in [0.5, 0.6) is 0 Å². The lowest BCUT2D eigenvalue weighted by atomic mass is 9.96. The summed E-state index contributed by atoms with van der Waals surface area (Å²) in [5.41, 5.74) is 4.88. The first-order chi connectivity index (χ1) is 11.8. The highest BCUT2D eigenvalue weighted by atomic mass is 32.2. The molecule has 1 aliphatic carbocycles. The first-order valence-electron chi connectivity index (χ1n) is 9.15. The van der Waals surface area contributed by atoms with Crippen molar-refractivity contribution in [3.05, 3.63) is 28.3 Å². The van der Waals surface area contributed by atoms with Crippen LogP contribution in [0.25, 0.3) is 0 Å². The number of rotatable bonds is 4.